The molecule has 1 aromatic carbocycles. The van der Waals surface area contributed by atoms with Crippen LogP contribution in [-0.2, 0) is 4.79 Å². The Morgan fingerprint density at radius 3 is 2.62 bits per heavy atom. The zero-order valence-corrected chi connectivity index (χ0v) is 9.42. The number of rotatable bonds is 6. The van der Waals surface area contributed by atoms with E-state index in [9.17, 15) is 9.18 Å². The Balaban J connectivity index is 2.26. The van der Waals surface area contributed by atoms with Gasteiger partial charge in [0.25, 0.3) is 0 Å². The molecule has 0 aromatic heterocycles. The van der Waals surface area contributed by atoms with Gasteiger partial charge in [-0.25, -0.2) is 4.39 Å². The van der Waals surface area contributed by atoms with Crippen LogP contribution in [0.4, 0.5) is 10.1 Å². The maximum absolute atomic E-state index is 12.6. The van der Waals surface area contributed by atoms with Crippen LogP contribution in [0.25, 0.3) is 0 Å². The van der Waals surface area contributed by atoms with Gasteiger partial charge in [0.1, 0.15) is 5.82 Å². The Kier molecular flexibility index (Phi) is 5.50. The van der Waals surface area contributed by atoms with E-state index < -0.39 is 0 Å². The Morgan fingerprint density at radius 2 is 2.00 bits per heavy atom. The van der Waals surface area contributed by atoms with Gasteiger partial charge in [0.05, 0.1) is 6.54 Å². The molecule has 0 aliphatic heterocycles. The van der Waals surface area contributed by atoms with Crippen LogP contribution in [0.5, 0.6) is 0 Å². The summed E-state index contributed by atoms with van der Waals surface area (Å²) in [4.78, 5) is 11.4. The van der Waals surface area contributed by atoms with Crippen LogP contribution in [0.2, 0.25) is 0 Å². The third kappa shape index (κ3) is 4.89. The van der Waals surface area contributed by atoms with Gasteiger partial charge in [-0.1, -0.05) is 13.3 Å². The smallest absolute Gasteiger partial charge is 0.238 e. The second-order valence-corrected chi connectivity index (χ2v) is 3.59. The Hall–Kier alpha value is -1.42. The Labute approximate surface area is 95.0 Å². The topological polar surface area (TPSA) is 41.1 Å². The Morgan fingerprint density at radius 1 is 1.31 bits per heavy atom. The van der Waals surface area contributed by atoms with E-state index in [4.69, 9.17) is 0 Å². The molecule has 1 amide bonds. The maximum Gasteiger partial charge on any atom is 0.238 e. The third-order valence-corrected chi connectivity index (χ3v) is 2.12. The van der Waals surface area contributed by atoms with Crippen molar-refractivity contribution >= 4 is 11.6 Å². The molecular weight excluding hydrogens is 207 g/mol. The van der Waals surface area contributed by atoms with Crippen molar-refractivity contribution in [3.05, 3.63) is 30.1 Å². The predicted octanol–water partition coefficient (Wildman–Crippen LogP) is 2.15. The first-order chi connectivity index (χ1) is 7.72. The molecule has 0 aliphatic carbocycles. The van der Waals surface area contributed by atoms with Gasteiger partial charge in [-0.2, -0.15) is 0 Å². The SMILES string of the molecule is CCCCNCC(=O)Nc1ccc(F)cc1. The van der Waals surface area contributed by atoms with Crippen molar-refractivity contribution in [3.8, 4) is 0 Å². The fraction of sp³-hybridized carbons (Fsp3) is 0.417. The lowest BCUT2D eigenvalue weighted by Crippen LogP contribution is -2.28. The summed E-state index contributed by atoms with van der Waals surface area (Å²) in [5.74, 6) is -0.415. The van der Waals surface area contributed by atoms with Crippen molar-refractivity contribution in [1.29, 1.82) is 0 Å². The molecule has 16 heavy (non-hydrogen) atoms. The van der Waals surface area contributed by atoms with Crippen LogP contribution < -0.4 is 10.6 Å². The summed E-state index contributed by atoms with van der Waals surface area (Å²) >= 11 is 0. The molecule has 0 saturated carbocycles. The van der Waals surface area contributed by atoms with Gasteiger partial charge in [-0.3, -0.25) is 4.79 Å². The molecular formula is C12H17FN2O. The molecule has 2 N–H and O–H groups in total. The number of anilines is 1. The van der Waals surface area contributed by atoms with Gasteiger partial charge < -0.3 is 10.6 Å². The summed E-state index contributed by atoms with van der Waals surface area (Å²) in [6.45, 7) is 3.23. The van der Waals surface area contributed by atoms with E-state index in [0.717, 1.165) is 19.4 Å². The zero-order valence-electron chi connectivity index (χ0n) is 9.42. The number of nitrogens with one attached hydrogen (secondary N) is 2. The largest absolute Gasteiger partial charge is 0.325 e. The van der Waals surface area contributed by atoms with Crippen molar-refractivity contribution in [3.63, 3.8) is 0 Å². The number of amides is 1. The summed E-state index contributed by atoms with van der Waals surface area (Å²) in [6.07, 6.45) is 2.16. The zero-order chi connectivity index (χ0) is 11.8. The highest BCUT2D eigenvalue weighted by atomic mass is 19.1. The van der Waals surface area contributed by atoms with Gasteiger partial charge in [0.2, 0.25) is 5.91 Å². The number of hydrogen-bond donors (Lipinski definition) is 2. The fourth-order valence-electron chi connectivity index (χ4n) is 1.24. The maximum atomic E-state index is 12.6. The van der Waals surface area contributed by atoms with Gasteiger partial charge >= 0.3 is 0 Å². The molecule has 88 valence electrons. The number of carbonyl (C=O) groups is 1. The first-order valence-electron chi connectivity index (χ1n) is 5.48. The molecule has 0 radical (unpaired) electrons. The fourth-order valence-corrected chi connectivity index (χ4v) is 1.24. The molecule has 0 saturated heterocycles. The molecule has 0 spiro atoms. The van der Waals surface area contributed by atoms with Crippen molar-refractivity contribution in [2.75, 3.05) is 18.4 Å². The number of benzene rings is 1. The van der Waals surface area contributed by atoms with Gasteiger partial charge in [-0.15, -0.1) is 0 Å². The summed E-state index contributed by atoms with van der Waals surface area (Å²) in [6, 6.07) is 5.72. The molecule has 4 heteroatoms. The van der Waals surface area contributed by atoms with E-state index in [1.165, 1.54) is 12.1 Å². The van der Waals surface area contributed by atoms with Crippen LogP contribution >= 0.6 is 0 Å². The molecule has 0 fully saturated rings. The summed E-state index contributed by atoms with van der Waals surface area (Å²) in [5, 5.41) is 5.71. The van der Waals surface area contributed by atoms with E-state index >= 15 is 0 Å². The van der Waals surface area contributed by atoms with Crippen LogP contribution in [0, 0.1) is 5.82 Å². The first kappa shape index (κ1) is 12.6. The average Bonchev–Trinajstić information content (AvgIpc) is 2.28. The van der Waals surface area contributed by atoms with E-state index in [-0.39, 0.29) is 18.3 Å². The Bertz CT molecular complexity index is 324. The predicted molar refractivity (Wildman–Crippen MR) is 62.8 cm³/mol. The summed E-state index contributed by atoms with van der Waals surface area (Å²) in [5.41, 5.74) is 0.615. The lowest BCUT2D eigenvalue weighted by molar-refractivity contribution is -0.115. The number of halogens is 1. The van der Waals surface area contributed by atoms with E-state index in [2.05, 4.69) is 17.6 Å². The second-order valence-electron chi connectivity index (χ2n) is 3.59. The van der Waals surface area contributed by atoms with Gasteiger partial charge in [0.15, 0.2) is 0 Å². The van der Waals surface area contributed by atoms with Crippen molar-refractivity contribution < 1.29 is 9.18 Å². The molecule has 1 rings (SSSR count). The van der Waals surface area contributed by atoms with Crippen molar-refractivity contribution in [2.45, 2.75) is 19.8 Å². The van der Waals surface area contributed by atoms with E-state index in [1.807, 2.05) is 0 Å². The monoisotopic (exact) mass is 224 g/mol. The summed E-state index contributed by atoms with van der Waals surface area (Å²) < 4.78 is 12.6. The second kappa shape index (κ2) is 6.95. The molecule has 0 unspecified atom stereocenters. The highest BCUT2D eigenvalue weighted by Crippen LogP contribution is 2.07. The normalized spacial score (nSPS) is 10.1. The average molecular weight is 224 g/mol. The van der Waals surface area contributed by atoms with Gasteiger partial charge in [-0.05, 0) is 37.2 Å². The third-order valence-electron chi connectivity index (χ3n) is 2.12. The number of hydrogen-bond acceptors (Lipinski definition) is 2. The minimum absolute atomic E-state index is 0.109. The van der Waals surface area contributed by atoms with Crippen LogP contribution in [-0.4, -0.2) is 19.0 Å². The number of unbranched alkanes of at least 4 members (excludes halogenated alkanes) is 1. The first-order valence-corrected chi connectivity index (χ1v) is 5.48. The van der Waals surface area contributed by atoms with E-state index in [1.54, 1.807) is 12.1 Å². The molecule has 1 aromatic rings. The molecule has 0 atom stereocenters. The van der Waals surface area contributed by atoms with E-state index in [0.29, 0.717) is 5.69 Å². The quantitative estimate of drug-likeness (QED) is 0.727. The lowest BCUT2D eigenvalue weighted by Gasteiger charge is -2.06. The standard InChI is InChI=1S/C12H17FN2O/c1-2-3-8-14-9-12(16)15-11-6-4-10(13)5-7-11/h4-7,14H,2-3,8-9H2,1H3,(H,15,16). The minimum Gasteiger partial charge on any atom is -0.325 e. The van der Waals surface area contributed by atoms with Crippen molar-refractivity contribution in [1.82, 2.24) is 5.32 Å². The molecule has 0 aliphatic rings. The highest BCUT2D eigenvalue weighted by Gasteiger charge is 2.01. The highest BCUT2D eigenvalue weighted by molar-refractivity contribution is 5.92. The molecule has 0 bridgehead atoms. The van der Waals surface area contributed by atoms with Crippen LogP contribution in [0.1, 0.15) is 19.8 Å². The van der Waals surface area contributed by atoms with Gasteiger partial charge in [0, 0.05) is 5.69 Å². The lowest BCUT2D eigenvalue weighted by atomic mass is 10.3. The number of carbonyl (C=O) groups excluding carboxylic acids is 1. The minimum atomic E-state index is -0.306. The molecule has 0 heterocycles. The van der Waals surface area contributed by atoms with Crippen molar-refractivity contribution in [2.24, 2.45) is 0 Å². The summed E-state index contributed by atoms with van der Waals surface area (Å²) in [7, 11) is 0. The molecule has 3 nitrogen and oxygen atoms in total. The van der Waals surface area contributed by atoms with Crippen LogP contribution in [0.3, 0.4) is 0 Å². The van der Waals surface area contributed by atoms with Crippen LogP contribution in [0.15, 0.2) is 24.3 Å².